The molecule has 1 rings (SSSR count). The first-order valence-electron chi connectivity index (χ1n) is 4.04. The van der Waals surface area contributed by atoms with Gasteiger partial charge in [0.25, 0.3) is 0 Å². The van der Waals surface area contributed by atoms with Crippen molar-refractivity contribution in [1.82, 2.24) is 0 Å². The van der Waals surface area contributed by atoms with E-state index in [0.717, 1.165) is 5.92 Å². The molecule has 0 spiro atoms. The van der Waals surface area contributed by atoms with E-state index in [9.17, 15) is 0 Å². The van der Waals surface area contributed by atoms with Crippen molar-refractivity contribution in [3.63, 3.8) is 0 Å². The van der Waals surface area contributed by atoms with Crippen LogP contribution in [0.15, 0.2) is 12.7 Å². The van der Waals surface area contributed by atoms with Crippen molar-refractivity contribution in [3.8, 4) is 0 Å². The maximum absolute atomic E-state index is 3.75. The molecule has 0 heteroatoms. The van der Waals surface area contributed by atoms with E-state index in [0.29, 0.717) is 0 Å². The predicted octanol–water partition coefficient (Wildman–Crippen LogP) is 3.14. The normalized spacial score (nSPS) is 21.8. The van der Waals surface area contributed by atoms with E-state index < -0.39 is 0 Å². The fourth-order valence-corrected chi connectivity index (χ4v) is 1.66. The average Bonchev–Trinajstić information content (AvgIpc) is 1.91. The molecule has 0 nitrogen and oxygen atoms in total. The molecule has 0 atom stereocenters. The molecule has 0 amide bonds. The Hall–Kier alpha value is -0.260. The molecular weight excluding hydrogens is 108 g/mol. The molecule has 0 aromatic rings. The minimum Gasteiger partial charge on any atom is -0.103 e. The van der Waals surface area contributed by atoms with E-state index in [1.807, 2.05) is 0 Å². The summed E-state index contributed by atoms with van der Waals surface area (Å²) in [6.07, 6.45) is 10.6. The van der Waals surface area contributed by atoms with Crippen LogP contribution in [-0.4, -0.2) is 0 Å². The van der Waals surface area contributed by atoms with Crippen molar-refractivity contribution in [2.24, 2.45) is 5.92 Å². The molecule has 9 heavy (non-hydrogen) atoms. The van der Waals surface area contributed by atoms with Crippen LogP contribution in [0.3, 0.4) is 0 Å². The molecule has 52 valence electrons. The van der Waals surface area contributed by atoms with Crippen LogP contribution in [0.2, 0.25) is 0 Å². The second kappa shape index (κ2) is 3.71. The quantitative estimate of drug-likeness (QED) is 0.496. The Balaban J connectivity index is 2.15. The third kappa shape index (κ3) is 2.21. The lowest BCUT2D eigenvalue weighted by Crippen LogP contribution is -2.04. The molecule has 1 aliphatic carbocycles. The van der Waals surface area contributed by atoms with Gasteiger partial charge in [0.2, 0.25) is 0 Å². The van der Waals surface area contributed by atoms with Gasteiger partial charge in [-0.15, -0.1) is 6.58 Å². The lowest BCUT2D eigenvalue weighted by atomic mass is 9.87. The van der Waals surface area contributed by atoms with Crippen LogP contribution >= 0.6 is 0 Å². The van der Waals surface area contributed by atoms with E-state index in [-0.39, 0.29) is 0 Å². The topological polar surface area (TPSA) is 0 Å². The second-order valence-corrected chi connectivity index (χ2v) is 3.03. The van der Waals surface area contributed by atoms with Crippen LogP contribution in [0.5, 0.6) is 0 Å². The minimum atomic E-state index is 0.983. The molecule has 1 fully saturated rings. The summed E-state index contributed by atoms with van der Waals surface area (Å²) in [5.41, 5.74) is 0. The molecule has 0 N–H and O–H groups in total. The van der Waals surface area contributed by atoms with Crippen molar-refractivity contribution in [3.05, 3.63) is 12.7 Å². The summed E-state index contributed by atoms with van der Waals surface area (Å²) in [6, 6.07) is 0. The molecule has 0 aromatic heterocycles. The molecular formula is C9H16. The van der Waals surface area contributed by atoms with Gasteiger partial charge in [0.1, 0.15) is 0 Å². The van der Waals surface area contributed by atoms with E-state index in [1.165, 1.54) is 38.5 Å². The summed E-state index contributed by atoms with van der Waals surface area (Å²) >= 11 is 0. The summed E-state index contributed by atoms with van der Waals surface area (Å²) in [4.78, 5) is 0. The van der Waals surface area contributed by atoms with Crippen molar-refractivity contribution in [1.29, 1.82) is 0 Å². The first-order valence-corrected chi connectivity index (χ1v) is 4.04. The first kappa shape index (κ1) is 6.85. The molecule has 1 saturated carbocycles. The van der Waals surface area contributed by atoms with Gasteiger partial charge in [0.05, 0.1) is 0 Å². The van der Waals surface area contributed by atoms with Crippen LogP contribution in [0, 0.1) is 5.92 Å². The van der Waals surface area contributed by atoms with Gasteiger partial charge in [0, 0.05) is 0 Å². The largest absolute Gasteiger partial charge is 0.103 e. The first-order chi connectivity index (χ1) is 4.43. The standard InChI is InChI=1S/C9H16/c1-2-6-9-7-4-3-5-8-9/h2,9H,1,3-8H2. The molecule has 0 aliphatic heterocycles. The summed E-state index contributed by atoms with van der Waals surface area (Å²) in [6.45, 7) is 3.75. The number of hydrogen-bond donors (Lipinski definition) is 0. The number of allylic oxidation sites excluding steroid dienone is 1. The third-order valence-corrected chi connectivity index (χ3v) is 2.22. The fraction of sp³-hybridized carbons (Fsp3) is 0.778. The molecule has 0 radical (unpaired) electrons. The van der Waals surface area contributed by atoms with Crippen molar-refractivity contribution in [2.75, 3.05) is 0 Å². The highest BCUT2D eigenvalue weighted by atomic mass is 14.2. The summed E-state index contributed by atoms with van der Waals surface area (Å²) in [7, 11) is 0. The molecule has 1 aliphatic rings. The van der Waals surface area contributed by atoms with Gasteiger partial charge in [-0.2, -0.15) is 0 Å². The zero-order valence-corrected chi connectivity index (χ0v) is 6.10. The summed E-state index contributed by atoms with van der Waals surface area (Å²) in [5, 5.41) is 0. The van der Waals surface area contributed by atoms with Crippen molar-refractivity contribution < 1.29 is 0 Å². The number of rotatable bonds is 2. The fourth-order valence-electron chi connectivity index (χ4n) is 1.66. The minimum absolute atomic E-state index is 0.983. The Morgan fingerprint density at radius 1 is 1.22 bits per heavy atom. The lowest BCUT2D eigenvalue weighted by molar-refractivity contribution is 0.361. The van der Waals surface area contributed by atoms with Crippen LogP contribution in [0.25, 0.3) is 0 Å². The highest BCUT2D eigenvalue weighted by molar-refractivity contribution is 4.75. The van der Waals surface area contributed by atoms with Gasteiger partial charge in [-0.3, -0.25) is 0 Å². The van der Waals surface area contributed by atoms with Gasteiger partial charge in [0.15, 0.2) is 0 Å². The van der Waals surface area contributed by atoms with Crippen LogP contribution < -0.4 is 0 Å². The molecule has 0 aromatic carbocycles. The Kier molecular flexibility index (Phi) is 2.82. The summed E-state index contributed by atoms with van der Waals surface area (Å²) in [5.74, 6) is 0.983. The number of hydrogen-bond acceptors (Lipinski definition) is 0. The van der Waals surface area contributed by atoms with Gasteiger partial charge in [-0.25, -0.2) is 0 Å². The van der Waals surface area contributed by atoms with Gasteiger partial charge in [-0.05, 0) is 12.3 Å². The van der Waals surface area contributed by atoms with Crippen LogP contribution in [0.4, 0.5) is 0 Å². The highest BCUT2D eigenvalue weighted by Crippen LogP contribution is 2.25. The molecule has 0 heterocycles. The highest BCUT2D eigenvalue weighted by Gasteiger charge is 2.10. The smallest absolute Gasteiger partial charge is 0.0325 e. The maximum atomic E-state index is 3.75. The monoisotopic (exact) mass is 124 g/mol. The zero-order valence-electron chi connectivity index (χ0n) is 6.10. The van der Waals surface area contributed by atoms with Crippen LogP contribution in [0.1, 0.15) is 38.5 Å². The Morgan fingerprint density at radius 3 is 2.44 bits per heavy atom. The molecule has 0 bridgehead atoms. The average molecular weight is 124 g/mol. The SMILES string of the molecule is C=CCC1CCCCC1. The Morgan fingerprint density at radius 2 is 1.89 bits per heavy atom. The Labute approximate surface area is 58.0 Å². The third-order valence-electron chi connectivity index (χ3n) is 2.22. The maximum Gasteiger partial charge on any atom is -0.0325 e. The molecule has 0 saturated heterocycles. The summed E-state index contributed by atoms with van der Waals surface area (Å²) < 4.78 is 0. The lowest BCUT2D eigenvalue weighted by Gasteiger charge is -2.19. The van der Waals surface area contributed by atoms with E-state index in [4.69, 9.17) is 0 Å². The van der Waals surface area contributed by atoms with E-state index in [2.05, 4.69) is 12.7 Å². The zero-order chi connectivity index (χ0) is 6.53. The Bertz CT molecular complexity index is 78.0. The van der Waals surface area contributed by atoms with Crippen molar-refractivity contribution >= 4 is 0 Å². The van der Waals surface area contributed by atoms with Gasteiger partial charge in [-0.1, -0.05) is 38.2 Å². The second-order valence-electron chi connectivity index (χ2n) is 3.03. The predicted molar refractivity (Wildman–Crippen MR) is 41.4 cm³/mol. The van der Waals surface area contributed by atoms with E-state index in [1.54, 1.807) is 0 Å². The molecule has 0 unspecified atom stereocenters. The van der Waals surface area contributed by atoms with Crippen LogP contribution in [-0.2, 0) is 0 Å². The van der Waals surface area contributed by atoms with E-state index >= 15 is 0 Å². The van der Waals surface area contributed by atoms with Crippen molar-refractivity contribution in [2.45, 2.75) is 38.5 Å². The van der Waals surface area contributed by atoms with Gasteiger partial charge < -0.3 is 0 Å². The van der Waals surface area contributed by atoms with Gasteiger partial charge >= 0.3 is 0 Å².